The molecule has 0 bridgehead atoms. The van der Waals surface area contributed by atoms with Gasteiger partial charge < -0.3 is 5.32 Å². The molecule has 0 radical (unpaired) electrons. The summed E-state index contributed by atoms with van der Waals surface area (Å²) in [6.07, 6.45) is 3.06. The molecule has 0 unspecified atom stereocenters. The van der Waals surface area contributed by atoms with Crippen LogP contribution >= 0.6 is 11.8 Å². The first-order valence-electron chi connectivity index (χ1n) is 8.52. The van der Waals surface area contributed by atoms with Crippen molar-refractivity contribution in [2.75, 3.05) is 12.3 Å². The van der Waals surface area contributed by atoms with Crippen LogP contribution in [0.15, 0.2) is 29.2 Å². The van der Waals surface area contributed by atoms with Crippen molar-refractivity contribution in [2.45, 2.75) is 49.6 Å². The second-order valence-electron chi connectivity index (χ2n) is 6.18. The minimum absolute atomic E-state index is 0.322. The molecule has 0 saturated heterocycles. The molecular formula is C19H22F3NOS. The predicted octanol–water partition coefficient (Wildman–Crippen LogP) is 4.78. The van der Waals surface area contributed by atoms with Crippen molar-refractivity contribution in [3.8, 4) is 11.8 Å². The molecule has 0 heterocycles. The molecule has 2 rings (SSSR count). The van der Waals surface area contributed by atoms with E-state index in [-0.39, 0.29) is 6.54 Å². The van der Waals surface area contributed by atoms with E-state index < -0.39 is 12.1 Å². The third-order valence-electron chi connectivity index (χ3n) is 4.12. The largest absolute Gasteiger partial charge is 0.471 e. The van der Waals surface area contributed by atoms with Gasteiger partial charge in [-0.1, -0.05) is 43.6 Å². The van der Waals surface area contributed by atoms with Crippen molar-refractivity contribution < 1.29 is 18.0 Å². The summed E-state index contributed by atoms with van der Waals surface area (Å²) in [6, 6.07) is 7.68. The van der Waals surface area contributed by atoms with Gasteiger partial charge in [0, 0.05) is 16.2 Å². The van der Waals surface area contributed by atoms with E-state index in [1.165, 1.54) is 38.5 Å². The van der Waals surface area contributed by atoms with Gasteiger partial charge in [-0.3, -0.25) is 4.79 Å². The minimum atomic E-state index is -4.86. The molecule has 2 nitrogen and oxygen atoms in total. The number of carbonyl (C=O) groups is 1. The fourth-order valence-corrected chi connectivity index (χ4v) is 3.93. The molecule has 1 amide bonds. The molecule has 6 heteroatoms. The van der Waals surface area contributed by atoms with Crippen LogP contribution in [-0.2, 0) is 4.79 Å². The maximum absolute atomic E-state index is 12.1. The third-order valence-corrected chi connectivity index (χ3v) is 5.35. The first-order valence-corrected chi connectivity index (χ1v) is 9.50. The summed E-state index contributed by atoms with van der Waals surface area (Å²) in [4.78, 5) is 11.8. The van der Waals surface area contributed by atoms with E-state index in [2.05, 4.69) is 11.8 Å². The summed E-state index contributed by atoms with van der Waals surface area (Å²) in [5, 5.41) is 1.74. The summed E-state index contributed by atoms with van der Waals surface area (Å²) in [5.41, 5.74) is 0.743. The molecular weight excluding hydrogens is 347 g/mol. The Labute approximate surface area is 151 Å². The van der Waals surface area contributed by atoms with Crippen LogP contribution in [0.3, 0.4) is 0 Å². The summed E-state index contributed by atoms with van der Waals surface area (Å²) in [7, 11) is 0. The van der Waals surface area contributed by atoms with Gasteiger partial charge in [-0.2, -0.15) is 13.2 Å². The molecule has 1 aromatic rings. The Bertz CT molecular complexity index is 626. The van der Waals surface area contributed by atoms with E-state index in [9.17, 15) is 18.0 Å². The molecule has 1 aromatic carbocycles. The van der Waals surface area contributed by atoms with Crippen LogP contribution in [0.25, 0.3) is 0 Å². The number of carbonyl (C=O) groups excluding carboxylic acids is 1. The number of thioether (sulfide) groups is 1. The van der Waals surface area contributed by atoms with Crippen molar-refractivity contribution in [3.63, 3.8) is 0 Å². The molecule has 0 atom stereocenters. The van der Waals surface area contributed by atoms with E-state index in [1.807, 2.05) is 36.0 Å². The lowest BCUT2D eigenvalue weighted by molar-refractivity contribution is -0.173. The van der Waals surface area contributed by atoms with Gasteiger partial charge >= 0.3 is 12.1 Å². The number of rotatable bonds is 4. The molecule has 1 saturated carbocycles. The number of nitrogens with one attached hydrogen (secondary N) is 1. The fraction of sp³-hybridized carbons (Fsp3) is 0.526. The quantitative estimate of drug-likeness (QED) is 0.470. The van der Waals surface area contributed by atoms with E-state index in [4.69, 9.17) is 0 Å². The highest BCUT2D eigenvalue weighted by Gasteiger charge is 2.38. The average molecular weight is 369 g/mol. The third kappa shape index (κ3) is 7.43. The van der Waals surface area contributed by atoms with Gasteiger partial charge in [0.1, 0.15) is 0 Å². The van der Waals surface area contributed by atoms with Gasteiger partial charge in [-0.15, -0.1) is 11.8 Å². The Morgan fingerprint density at radius 3 is 2.60 bits per heavy atom. The molecule has 136 valence electrons. The number of amides is 1. The number of alkyl halides is 3. The molecule has 1 N–H and O–H groups in total. The Morgan fingerprint density at radius 2 is 1.92 bits per heavy atom. The van der Waals surface area contributed by atoms with Crippen molar-refractivity contribution in [2.24, 2.45) is 5.92 Å². The summed E-state index contributed by atoms with van der Waals surface area (Å²) >= 11 is 1.81. The lowest BCUT2D eigenvalue weighted by Crippen LogP contribution is -2.36. The van der Waals surface area contributed by atoms with Crippen molar-refractivity contribution in [1.82, 2.24) is 5.32 Å². The predicted molar refractivity (Wildman–Crippen MR) is 94.3 cm³/mol. The number of hydrogen-bond acceptors (Lipinski definition) is 2. The molecule has 1 aliphatic rings. The number of hydrogen-bond donors (Lipinski definition) is 1. The van der Waals surface area contributed by atoms with Crippen LogP contribution < -0.4 is 5.32 Å². The van der Waals surface area contributed by atoms with Crippen LogP contribution in [0.4, 0.5) is 13.2 Å². The van der Waals surface area contributed by atoms with Crippen LogP contribution in [-0.4, -0.2) is 24.4 Å². The first-order chi connectivity index (χ1) is 11.9. The Balaban J connectivity index is 1.82. The van der Waals surface area contributed by atoms with Crippen molar-refractivity contribution in [3.05, 3.63) is 29.8 Å². The molecule has 0 aliphatic heterocycles. The maximum atomic E-state index is 12.1. The highest BCUT2D eigenvalue weighted by atomic mass is 32.2. The molecule has 0 aromatic heterocycles. The second-order valence-corrected chi connectivity index (χ2v) is 7.27. The molecule has 1 fully saturated rings. The van der Waals surface area contributed by atoms with E-state index in [1.54, 1.807) is 5.32 Å². The maximum Gasteiger partial charge on any atom is 0.471 e. The molecule has 25 heavy (non-hydrogen) atoms. The van der Waals surface area contributed by atoms with Crippen molar-refractivity contribution in [1.29, 1.82) is 0 Å². The monoisotopic (exact) mass is 369 g/mol. The number of benzene rings is 1. The molecule has 1 aliphatic carbocycles. The highest BCUT2D eigenvalue weighted by molar-refractivity contribution is 7.99. The summed E-state index contributed by atoms with van der Waals surface area (Å²) < 4.78 is 36.2. The van der Waals surface area contributed by atoms with Gasteiger partial charge in [-0.25, -0.2) is 0 Å². The van der Waals surface area contributed by atoms with Crippen LogP contribution in [0.1, 0.15) is 44.1 Å². The lowest BCUT2D eigenvalue weighted by Gasteiger charge is -2.13. The second kappa shape index (κ2) is 9.76. The topological polar surface area (TPSA) is 29.1 Å². The highest BCUT2D eigenvalue weighted by Crippen LogP contribution is 2.29. The van der Waals surface area contributed by atoms with E-state index >= 15 is 0 Å². The zero-order valence-corrected chi connectivity index (χ0v) is 14.8. The van der Waals surface area contributed by atoms with Crippen molar-refractivity contribution >= 4 is 17.7 Å². The molecule has 0 spiro atoms. The fourth-order valence-electron chi connectivity index (χ4n) is 2.78. The lowest BCUT2D eigenvalue weighted by atomic mass is 10.0. The van der Waals surface area contributed by atoms with Crippen LogP contribution in [0.2, 0.25) is 0 Å². The standard InChI is InChI=1S/C19H22F3NOS/c20-19(21,22)18(24)23-12-6-10-15-9-5-11-17(13-15)25-14-16-7-3-1-2-4-8-16/h5,9,11,13,16H,1-4,7-8,12,14H2,(H,23,24). The summed E-state index contributed by atoms with van der Waals surface area (Å²) in [6.45, 7) is -0.322. The Hall–Kier alpha value is -1.61. The number of halogens is 3. The van der Waals surface area contributed by atoms with Crippen LogP contribution in [0.5, 0.6) is 0 Å². The van der Waals surface area contributed by atoms with E-state index in [0.717, 1.165) is 22.1 Å². The van der Waals surface area contributed by atoms with Gasteiger partial charge in [0.2, 0.25) is 0 Å². The zero-order chi connectivity index (χ0) is 18.1. The normalized spacial score (nSPS) is 15.8. The Kier molecular flexibility index (Phi) is 7.70. The van der Waals surface area contributed by atoms with Gasteiger partial charge in [-0.05, 0) is 37.0 Å². The summed E-state index contributed by atoms with van der Waals surface area (Å²) in [5.74, 6) is 5.24. The van der Waals surface area contributed by atoms with Gasteiger partial charge in [0.05, 0.1) is 6.54 Å². The van der Waals surface area contributed by atoms with Crippen LogP contribution in [0, 0.1) is 17.8 Å². The first kappa shape index (κ1) is 19.7. The zero-order valence-electron chi connectivity index (χ0n) is 14.0. The average Bonchev–Trinajstić information content (AvgIpc) is 2.85. The Morgan fingerprint density at radius 1 is 1.20 bits per heavy atom. The van der Waals surface area contributed by atoms with Gasteiger partial charge in [0.15, 0.2) is 0 Å². The SMILES string of the molecule is O=C(NCC#Cc1cccc(SCC2CCCCCC2)c1)C(F)(F)F. The minimum Gasteiger partial charge on any atom is -0.337 e. The smallest absolute Gasteiger partial charge is 0.337 e. The van der Waals surface area contributed by atoms with Gasteiger partial charge in [0.25, 0.3) is 0 Å². The van der Waals surface area contributed by atoms with E-state index in [0.29, 0.717) is 0 Å².